The second kappa shape index (κ2) is 21.1. The topological polar surface area (TPSA) is 210 Å². The van der Waals surface area contributed by atoms with Gasteiger partial charge in [-0.3, -0.25) is 34.6 Å². The zero-order chi connectivity index (χ0) is 36.6. The molecule has 0 aliphatic heterocycles. The summed E-state index contributed by atoms with van der Waals surface area (Å²) in [5.74, 6) is -2.06. The largest absolute Gasteiger partial charge is 0.394 e. The first-order valence-corrected chi connectivity index (χ1v) is 15.7. The normalized spacial score (nSPS) is 13.7. The number of rotatable bonds is 17. The van der Waals surface area contributed by atoms with Crippen molar-refractivity contribution in [1.82, 2.24) is 41.0 Å². The van der Waals surface area contributed by atoms with Crippen LogP contribution in [0.3, 0.4) is 0 Å². The van der Waals surface area contributed by atoms with Crippen LogP contribution in [0.25, 0.3) is 0 Å². The van der Waals surface area contributed by atoms with Gasteiger partial charge < -0.3 is 25.5 Å². The molecule has 0 spiro atoms. The van der Waals surface area contributed by atoms with Gasteiger partial charge in [0.25, 0.3) is 5.91 Å². The van der Waals surface area contributed by atoms with Gasteiger partial charge in [0, 0.05) is 41.7 Å². The van der Waals surface area contributed by atoms with Crippen LogP contribution in [0.15, 0.2) is 0 Å². The van der Waals surface area contributed by atoms with E-state index in [1.54, 1.807) is 34.7 Å². The number of likely N-dealkylation sites (N-methyl/N-ethyl adjacent to an activating group) is 4. The molecular weight excluding hydrogens is 616 g/mol. The number of carbonyl (C=O) groups is 7. The van der Waals surface area contributed by atoms with Crippen LogP contribution in [-0.2, 0) is 24.0 Å². The third-order valence-corrected chi connectivity index (χ3v) is 7.24. The number of aliphatic hydroxyl groups is 1. The molecule has 1 unspecified atom stereocenters. The van der Waals surface area contributed by atoms with Gasteiger partial charge in [-0.05, 0) is 38.0 Å². The molecule has 0 fully saturated rings. The Balaban J connectivity index is 5.32. The molecule has 5 N–H and O–H groups in total. The fraction of sp³-hybridized carbons (Fsp3) is 0.767. The molecular formula is C30H56N8O9. The van der Waals surface area contributed by atoms with E-state index in [4.69, 9.17) is 4.84 Å². The molecule has 17 heteroatoms. The van der Waals surface area contributed by atoms with Gasteiger partial charge in [0.15, 0.2) is 0 Å². The van der Waals surface area contributed by atoms with Crippen molar-refractivity contribution in [2.75, 3.05) is 48.5 Å². The van der Waals surface area contributed by atoms with Crippen molar-refractivity contribution in [2.45, 2.75) is 91.4 Å². The van der Waals surface area contributed by atoms with E-state index in [2.05, 4.69) is 16.0 Å². The maximum atomic E-state index is 13.3. The van der Waals surface area contributed by atoms with Crippen LogP contribution in [0.1, 0.15) is 67.2 Å². The van der Waals surface area contributed by atoms with Crippen molar-refractivity contribution in [2.24, 2.45) is 11.8 Å². The van der Waals surface area contributed by atoms with Crippen LogP contribution in [0.2, 0.25) is 0 Å². The summed E-state index contributed by atoms with van der Waals surface area (Å²) in [5.41, 5.74) is 0. The minimum atomic E-state index is -1.24. The summed E-state index contributed by atoms with van der Waals surface area (Å²) in [6, 6.07) is -6.83. The van der Waals surface area contributed by atoms with Gasteiger partial charge in [-0.1, -0.05) is 34.6 Å². The second-order valence-corrected chi connectivity index (χ2v) is 12.3. The van der Waals surface area contributed by atoms with Crippen molar-refractivity contribution in [1.29, 1.82) is 0 Å². The number of urea groups is 3. The highest BCUT2D eigenvalue weighted by Gasteiger charge is 2.36. The van der Waals surface area contributed by atoms with Gasteiger partial charge in [0.05, 0.1) is 19.3 Å². The van der Waals surface area contributed by atoms with E-state index >= 15 is 0 Å². The molecule has 0 aromatic rings. The maximum absolute atomic E-state index is 13.3. The fourth-order valence-corrected chi connectivity index (χ4v) is 4.41. The molecule has 0 radical (unpaired) electrons. The van der Waals surface area contributed by atoms with E-state index in [1.807, 2.05) is 19.2 Å². The van der Waals surface area contributed by atoms with Crippen LogP contribution in [0.4, 0.5) is 14.4 Å². The summed E-state index contributed by atoms with van der Waals surface area (Å²) >= 11 is 0. The summed E-state index contributed by atoms with van der Waals surface area (Å²) in [4.78, 5) is 97.1. The van der Waals surface area contributed by atoms with Crippen LogP contribution in [-0.4, -0.2) is 139 Å². The van der Waals surface area contributed by atoms with Crippen molar-refractivity contribution in [3.05, 3.63) is 0 Å². The molecule has 0 aliphatic rings. The Morgan fingerprint density at radius 2 is 1.28 bits per heavy atom. The van der Waals surface area contributed by atoms with E-state index in [0.717, 1.165) is 16.8 Å². The maximum Gasteiger partial charge on any atom is 0.333 e. The number of aliphatic hydroxyl groups excluding tert-OH is 1. The Morgan fingerprint density at radius 1 is 0.745 bits per heavy atom. The number of hydroxylamine groups is 2. The second-order valence-electron chi connectivity index (χ2n) is 12.3. The van der Waals surface area contributed by atoms with Gasteiger partial charge >= 0.3 is 18.1 Å². The van der Waals surface area contributed by atoms with Crippen molar-refractivity contribution < 1.29 is 43.5 Å². The van der Waals surface area contributed by atoms with E-state index < -0.39 is 60.7 Å². The molecule has 0 saturated carbocycles. The summed E-state index contributed by atoms with van der Waals surface area (Å²) in [6.45, 7) is 10.2. The molecule has 47 heavy (non-hydrogen) atoms. The molecule has 0 aromatic carbocycles. The molecule has 17 nitrogen and oxygen atoms in total. The number of carbonyl (C=O) groups excluding carboxylic acids is 7. The highest BCUT2D eigenvalue weighted by molar-refractivity contribution is 6.06. The monoisotopic (exact) mass is 672 g/mol. The number of amides is 10. The average molecular weight is 673 g/mol. The molecule has 0 aliphatic carbocycles. The van der Waals surface area contributed by atoms with Crippen molar-refractivity contribution in [3.63, 3.8) is 0 Å². The molecule has 0 saturated heterocycles. The van der Waals surface area contributed by atoms with E-state index in [1.165, 1.54) is 26.2 Å². The molecule has 0 aromatic heterocycles. The Labute approximate surface area is 278 Å². The summed E-state index contributed by atoms with van der Waals surface area (Å²) in [6.07, 6.45) is 1.37. The first kappa shape index (κ1) is 43.2. The lowest BCUT2D eigenvalue weighted by molar-refractivity contribution is -0.181. The van der Waals surface area contributed by atoms with Crippen LogP contribution < -0.4 is 21.3 Å². The summed E-state index contributed by atoms with van der Waals surface area (Å²) < 4.78 is 0. The van der Waals surface area contributed by atoms with Gasteiger partial charge in [0.2, 0.25) is 17.7 Å². The molecule has 0 heterocycles. The Bertz CT molecular complexity index is 1090. The van der Waals surface area contributed by atoms with E-state index in [9.17, 15) is 38.7 Å². The van der Waals surface area contributed by atoms with Gasteiger partial charge in [0.1, 0.15) is 18.1 Å². The Morgan fingerprint density at radius 3 is 1.77 bits per heavy atom. The quantitative estimate of drug-likeness (QED) is 0.135. The van der Waals surface area contributed by atoms with Crippen LogP contribution in [0, 0.1) is 11.8 Å². The first-order chi connectivity index (χ1) is 21.8. The van der Waals surface area contributed by atoms with Gasteiger partial charge in [-0.25, -0.2) is 19.3 Å². The third kappa shape index (κ3) is 14.6. The summed E-state index contributed by atoms with van der Waals surface area (Å²) in [5, 5.41) is 20.4. The molecule has 270 valence electrons. The molecule has 4 atom stereocenters. The Hall–Kier alpha value is -3.83. The minimum absolute atomic E-state index is 0.0301. The number of hydrogen-bond donors (Lipinski definition) is 5. The fourth-order valence-electron chi connectivity index (χ4n) is 4.41. The third-order valence-electron chi connectivity index (χ3n) is 7.24. The zero-order valence-corrected chi connectivity index (χ0v) is 29.7. The lowest BCUT2D eigenvalue weighted by Crippen LogP contribution is -2.58. The minimum Gasteiger partial charge on any atom is -0.394 e. The highest BCUT2D eigenvalue weighted by Crippen LogP contribution is 2.15. The van der Waals surface area contributed by atoms with Crippen molar-refractivity contribution in [3.8, 4) is 0 Å². The molecule has 0 bridgehead atoms. The number of nitrogens with zero attached hydrogens (tertiary/aromatic N) is 4. The lowest BCUT2D eigenvalue weighted by Gasteiger charge is -2.34. The predicted molar refractivity (Wildman–Crippen MR) is 173 cm³/mol. The van der Waals surface area contributed by atoms with Crippen LogP contribution in [0.5, 0.6) is 0 Å². The van der Waals surface area contributed by atoms with Crippen LogP contribution >= 0.6 is 0 Å². The number of hydrogen-bond acceptors (Lipinski definition) is 10. The zero-order valence-electron chi connectivity index (χ0n) is 29.7. The van der Waals surface area contributed by atoms with Crippen molar-refractivity contribution >= 4 is 41.7 Å². The number of nitrogens with one attached hydrogen (secondary N) is 4. The smallest absolute Gasteiger partial charge is 0.333 e. The standard InChI is InChI=1S/C30H56N8O9/c1-12-13-24(40)35(8)23(16-39)27(43)36(9)21(14-18(2)3)26(42)33-29(45)37(10)30(46)34-28(44)32-20(6)17-47-38(11)22(15-19(4)5)25(41)31-7/h18-23,39H,12-17H2,1-11H3,(H,31,41)(H,33,42,45)(H2,32,34,44,46)/t20?,21-,22-,23+/m0/s1. The average Bonchev–Trinajstić information content (AvgIpc) is 2.99. The number of imide groups is 3. The molecule has 10 amide bonds. The lowest BCUT2D eigenvalue weighted by atomic mass is 10.0. The molecule has 0 rings (SSSR count). The van der Waals surface area contributed by atoms with E-state index in [-0.39, 0.29) is 43.1 Å². The van der Waals surface area contributed by atoms with Gasteiger partial charge in [-0.2, -0.15) is 5.06 Å². The highest BCUT2D eigenvalue weighted by atomic mass is 16.7. The van der Waals surface area contributed by atoms with E-state index in [0.29, 0.717) is 17.7 Å². The SMILES string of the molecule is CCCC(=O)N(C)[C@H](CO)C(=O)N(C)[C@@H](CC(C)C)C(=O)NC(=O)N(C)C(=O)NC(=O)NC(C)CON(C)[C@@H](CC(C)C)C(=O)NC. The van der Waals surface area contributed by atoms with Gasteiger partial charge in [-0.15, -0.1) is 0 Å². The summed E-state index contributed by atoms with van der Waals surface area (Å²) in [7, 11) is 6.89. The predicted octanol–water partition coefficient (Wildman–Crippen LogP) is 0.479. The Kier molecular flexibility index (Phi) is 19.4. The first-order valence-electron chi connectivity index (χ1n) is 15.7.